The van der Waals surface area contributed by atoms with Gasteiger partial charge < -0.3 is 31.0 Å². The van der Waals surface area contributed by atoms with Crippen LogP contribution in [-0.2, 0) is 6.61 Å². The van der Waals surface area contributed by atoms with Crippen molar-refractivity contribution in [3.05, 3.63) is 94.7 Å². The molecule has 3 aromatic heterocycles. The van der Waals surface area contributed by atoms with Crippen LogP contribution in [0.3, 0.4) is 0 Å². The summed E-state index contributed by atoms with van der Waals surface area (Å²) in [5.74, 6) is -0.0149. The molecule has 0 atom stereocenters. The van der Waals surface area contributed by atoms with Gasteiger partial charge in [-0.1, -0.05) is 24.3 Å². The number of nitriles is 1. The van der Waals surface area contributed by atoms with E-state index in [-0.39, 0.29) is 52.2 Å². The number of aromatic hydroxyl groups is 1. The second kappa shape index (κ2) is 10.1. The highest BCUT2D eigenvalue weighted by Crippen LogP contribution is 2.33. The van der Waals surface area contributed by atoms with Gasteiger partial charge in [-0.2, -0.15) is 30.2 Å². The maximum absolute atomic E-state index is 13.2. The first-order valence-electron chi connectivity index (χ1n) is 12.0. The van der Waals surface area contributed by atoms with Crippen LogP contribution in [0.15, 0.2) is 83.3 Å². The van der Waals surface area contributed by atoms with E-state index in [9.17, 15) is 20.8 Å². The Morgan fingerprint density at radius 1 is 0.976 bits per heavy atom. The lowest BCUT2D eigenvalue weighted by molar-refractivity contribution is -0.622. The summed E-state index contributed by atoms with van der Waals surface area (Å²) < 4.78 is 6.64. The van der Waals surface area contributed by atoms with Crippen molar-refractivity contribution in [2.24, 2.45) is 10.2 Å². The second-order valence-electron chi connectivity index (χ2n) is 8.73. The van der Waals surface area contributed by atoms with Crippen molar-refractivity contribution < 1.29 is 19.3 Å². The van der Waals surface area contributed by atoms with Gasteiger partial charge in [0, 0.05) is 12.1 Å². The standard InChI is InChI=1S/C27H18N10O4/c28-12-21-24(37(40)20-7-2-1-6-19(20)36(21)39)18-11-17(8-9-22(18)38)35-34-16-5-3-4-15(10-16)13-41-26-23-25(31-14-30-23)32-27(29)33-26/h1-11,14,38H,13H2,(H3,29,30,31,32,33). The molecule has 0 aliphatic carbocycles. The Hall–Kier alpha value is -6.36. The van der Waals surface area contributed by atoms with E-state index < -0.39 is 5.69 Å². The number of aromatic nitrogens is 6. The van der Waals surface area contributed by atoms with Gasteiger partial charge in [-0.25, -0.2) is 4.98 Å². The van der Waals surface area contributed by atoms with Gasteiger partial charge in [0.2, 0.25) is 11.8 Å². The van der Waals surface area contributed by atoms with Crippen LogP contribution in [-0.4, -0.2) is 25.0 Å². The van der Waals surface area contributed by atoms with Crippen molar-refractivity contribution in [1.29, 1.82) is 5.26 Å². The molecule has 0 aliphatic rings. The molecule has 0 aliphatic heterocycles. The highest BCUT2D eigenvalue weighted by atomic mass is 16.5. The number of imidazole rings is 1. The van der Waals surface area contributed by atoms with E-state index in [0.29, 0.717) is 26.3 Å². The van der Waals surface area contributed by atoms with Crippen LogP contribution in [0.4, 0.5) is 17.3 Å². The lowest BCUT2D eigenvalue weighted by atomic mass is 10.1. The molecule has 0 saturated carbocycles. The van der Waals surface area contributed by atoms with Crippen LogP contribution in [0.25, 0.3) is 33.5 Å². The van der Waals surface area contributed by atoms with Crippen LogP contribution in [0, 0.1) is 21.7 Å². The van der Waals surface area contributed by atoms with E-state index in [0.717, 1.165) is 5.56 Å². The fourth-order valence-corrected chi connectivity index (χ4v) is 4.25. The highest BCUT2D eigenvalue weighted by molar-refractivity contribution is 5.77. The van der Waals surface area contributed by atoms with Gasteiger partial charge in [0.05, 0.1) is 23.3 Å². The average molecular weight is 547 g/mol. The fourth-order valence-electron chi connectivity index (χ4n) is 4.25. The fraction of sp³-hybridized carbons (Fsp3) is 0.0370. The van der Waals surface area contributed by atoms with Gasteiger partial charge in [0.1, 0.15) is 17.9 Å². The van der Waals surface area contributed by atoms with Gasteiger partial charge in [0.25, 0.3) is 11.0 Å². The van der Waals surface area contributed by atoms with Crippen LogP contribution in [0.5, 0.6) is 11.6 Å². The number of aromatic amines is 1. The number of nitrogens with zero attached hydrogens (tertiary/aromatic N) is 8. The molecule has 0 spiro atoms. The molecule has 0 amide bonds. The van der Waals surface area contributed by atoms with Crippen molar-refractivity contribution in [2.45, 2.75) is 6.61 Å². The number of rotatable bonds is 6. The first kappa shape index (κ1) is 24.9. The number of nitrogens with one attached hydrogen (secondary N) is 1. The maximum atomic E-state index is 13.2. The van der Waals surface area contributed by atoms with E-state index in [2.05, 4.69) is 30.2 Å². The van der Waals surface area contributed by atoms with Crippen molar-refractivity contribution >= 4 is 39.5 Å². The van der Waals surface area contributed by atoms with Crippen molar-refractivity contribution in [3.8, 4) is 29.0 Å². The maximum Gasteiger partial charge on any atom is 0.369 e. The number of hydrogen-bond acceptors (Lipinski definition) is 11. The molecule has 41 heavy (non-hydrogen) atoms. The third-order valence-electron chi connectivity index (χ3n) is 6.13. The van der Waals surface area contributed by atoms with Gasteiger partial charge >= 0.3 is 11.4 Å². The van der Waals surface area contributed by atoms with Gasteiger partial charge in [-0.15, -0.1) is 4.73 Å². The first-order chi connectivity index (χ1) is 19.9. The van der Waals surface area contributed by atoms with Gasteiger partial charge in [0.15, 0.2) is 11.7 Å². The lowest BCUT2D eigenvalue weighted by Crippen LogP contribution is -2.43. The third kappa shape index (κ3) is 4.59. The average Bonchev–Trinajstić information content (AvgIpc) is 3.46. The highest BCUT2D eigenvalue weighted by Gasteiger charge is 2.31. The van der Waals surface area contributed by atoms with Gasteiger partial charge in [-0.05, 0) is 35.9 Å². The largest absolute Gasteiger partial charge is 0.617 e. The minimum Gasteiger partial charge on any atom is -0.617 e. The number of ether oxygens (including phenoxy) is 1. The Morgan fingerprint density at radius 2 is 1.73 bits per heavy atom. The van der Waals surface area contributed by atoms with E-state index in [1.807, 2.05) is 6.07 Å². The summed E-state index contributed by atoms with van der Waals surface area (Å²) in [4.78, 5) is 15.1. The number of H-pyrrole nitrogens is 1. The number of phenols is 1. The molecule has 14 nitrogen and oxygen atoms in total. The Balaban J connectivity index is 1.29. The predicted molar refractivity (Wildman–Crippen MR) is 145 cm³/mol. The number of anilines is 1. The Morgan fingerprint density at radius 3 is 2.51 bits per heavy atom. The normalized spacial score (nSPS) is 11.3. The van der Waals surface area contributed by atoms with Crippen molar-refractivity contribution in [2.75, 3.05) is 5.73 Å². The van der Waals surface area contributed by atoms with Crippen molar-refractivity contribution in [1.82, 2.24) is 19.9 Å². The summed E-state index contributed by atoms with van der Waals surface area (Å²) in [5, 5.41) is 54.8. The Bertz CT molecular complexity index is 2030. The number of phenolic OH excluding ortho intramolecular Hbond substituents is 1. The van der Waals surface area contributed by atoms with E-state index in [1.54, 1.807) is 36.4 Å². The number of para-hydroxylation sites is 2. The third-order valence-corrected chi connectivity index (χ3v) is 6.13. The van der Waals surface area contributed by atoms with Crippen LogP contribution in [0.2, 0.25) is 0 Å². The minimum atomic E-state index is -0.464. The SMILES string of the molecule is N#Cc1c(-c2cc(N=Nc3cccc(COc4nc(N)nc5nc[nH]c45)c3)ccc2O)[n+]([O-])c2ccccc2[n+]1[O-]. The molecule has 0 bridgehead atoms. The lowest BCUT2D eigenvalue weighted by Gasteiger charge is -2.11. The molecular weight excluding hydrogens is 528 g/mol. The summed E-state index contributed by atoms with van der Waals surface area (Å²) in [5.41, 5.74) is 7.44. The second-order valence-corrected chi connectivity index (χ2v) is 8.73. The summed E-state index contributed by atoms with van der Waals surface area (Å²) in [7, 11) is 0. The zero-order valence-electron chi connectivity index (χ0n) is 21.0. The van der Waals surface area contributed by atoms with Crippen LogP contribution < -0.4 is 19.9 Å². The summed E-state index contributed by atoms with van der Waals surface area (Å²) in [6.45, 7) is 0.148. The molecule has 0 fully saturated rings. The smallest absolute Gasteiger partial charge is 0.369 e. The predicted octanol–water partition coefficient (Wildman–Crippen LogP) is 3.59. The number of azo groups is 1. The summed E-state index contributed by atoms with van der Waals surface area (Å²) in [6, 6.07) is 19.1. The summed E-state index contributed by atoms with van der Waals surface area (Å²) in [6.07, 6.45) is 1.47. The van der Waals surface area contributed by atoms with E-state index in [4.69, 9.17) is 10.5 Å². The molecule has 3 aromatic carbocycles. The number of benzene rings is 3. The number of fused-ring (bicyclic) bond motifs is 2. The molecule has 4 N–H and O–H groups in total. The zero-order valence-corrected chi connectivity index (χ0v) is 21.0. The van der Waals surface area contributed by atoms with Gasteiger partial charge in [-0.3, -0.25) is 0 Å². The van der Waals surface area contributed by atoms with E-state index in [1.165, 1.54) is 36.7 Å². The minimum absolute atomic E-state index is 0.0270. The van der Waals surface area contributed by atoms with Crippen LogP contribution in [0.1, 0.15) is 11.3 Å². The topological polar surface area (TPSA) is 212 Å². The molecule has 0 saturated heterocycles. The molecule has 0 unspecified atom stereocenters. The van der Waals surface area contributed by atoms with Crippen molar-refractivity contribution in [3.63, 3.8) is 0 Å². The first-order valence-corrected chi connectivity index (χ1v) is 12.0. The quantitative estimate of drug-likeness (QED) is 0.158. The van der Waals surface area contributed by atoms with Crippen LogP contribution >= 0.6 is 0 Å². The van der Waals surface area contributed by atoms with E-state index >= 15 is 0 Å². The Labute approximate surface area is 230 Å². The number of nitrogen functional groups attached to an aromatic ring is 1. The zero-order chi connectivity index (χ0) is 28.5. The molecule has 6 aromatic rings. The molecule has 14 heteroatoms. The molecular formula is C27H18N10O4. The monoisotopic (exact) mass is 546 g/mol. The molecule has 3 heterocycles. The Kier molecular flexibility index (Phi) is 6.13. The molecule has 6 rings (SSSR count). The summed E-state index contributed by atoms with van der Waals surface area (Å²) >= 11 is 0. The molecule has 0 radical (unpaired) electrons. The number of nitrogens with two attached hydrogens (primary N) is 1. The molecule has 200 valence electrons. The number of hydrogen-bond donors (Lipinski definition) is 3.